The van der Waals surface area contributed by atoms with E-state index in [0.29, 0.717) is 11.4 Å². The smallest absolute Gasteiger partial charge is 0.340 e. The molecule has 0 saturated carbocycles. The number of nitrogens with one attached hydrogen (secondary N) is 1. The third kappa shape index (κ3) is 3.67. The van der Waals surface area contributed by atoms with Crippen molar-refractivity contribution < 1.29 is 13.2 Å². The van der Waals surface area contributed by atoms with Gasteiger partial charge in [-0.25, -0.2) is 4.98 Å². The van der Waals surface area contributed by atoms with Gasteiger partial charge in [-0.1, -0.05) is 24.3 Å². The largest absolute Gasteiger partial charge is 0.416 e. The van der Waals surface area contributed by atoms with Crippen LogP contribution in [0.3, 0.4) is 0 Å². The Bertz CT molecular complexity index is 1140. The third-order valence-corrected chi connectivity index (χ3v) is 4.47. The Balaban J connectivity index is 1.66. The molecule has 0 unspecified atom stereocenters. The molecule has 0 fully saturated rings. The quantitative estimate of drug-likeness (QED) is 0.450. The summed E-state index contributed by atoms with van der Waals surface area (Å²) in [6.45, 7) is 1.93. The number of rotatable bonds is 3. The number of hydrogen-bond acceptors (Lipinski definition) is 3. The first-order valence-corrected chi connectivity index (χ1v) is 8.66. The molecule has 0 spiro atoms. The van der Waals surface area contributed by atoms with Crippen LogP contribution in [0.15, 0.2) is 73.1 Å². The summed E-state index contributed by atoms with van der Waals surface area (Å²) >= 11 is 0. The summed E-state index contributed by atoms with van der Waals surface area (Å²) in [7, 11) is 0. The lowest BCUT2D eigenvalue weighted by Gasteiger charge is -2.11. The maximum absolute atomic E-state index is 12.8. The summed E-state index contributed by atoms with van der Waals surface area (Å²) in [5.74, 6) is 0.611. The summed E-state index contributed by atoms with van der Waals surface area (Å²) in [4.78, 5) is 8.65. The monoisotopic (exact) mass is 379 g/mol. The average Bonchev–Trinajstić information content (AvgIpc) is 2.68. The first-order valence-electron chi connectivity index (χ1n) is 8.66. The highest BCUT2D eigenvalue weighted by atomic mass is 19.4. The minimum atomic E-state index is -4.34. The Hall–Kier alpha value is -3.41. The van der Waals surface area contributed by atoms with E-state index in [1.165, 1.54) is 12.1 Å². The van der Waals surface area contributed by atoms with Gasteiger partial charge in [0.05, 0.1) is 5.56 Å². The van der Waals surface area contributed by atoms with Gasteiger partial charge in [0.1, 0.15) is 5.82 Å². The second-order valence-electron chi connectivity index (χ2n) is 6.48. The molecule has 0 aliphatic rings. The zero-order valence-electron chi connectivity index (χ0n) is 15.0. The second kappa shape index (κ2) is 6.96. The van der Waals surface area contributed by atoms with Crippen LogP contribution in [0.25, 0.3) is 21.9 Å². The lowest BCUT2D eigenvalue weighted by Crippen LogP contribution is -2.04. The van der Waals surface area contributed by atoms with Crippen molar-refractivity contribution in [2.45, 2.75) is 13.1 Å². The molecular formula is C22H16F3N3. The zero-order chi connectivity index (χ0) is 19.7. The Labute approximate surface area is 159 Å². The molecular weight excluding hydrogens is 363 g/mol. The van der Waals surface area contributed by atoms with Crippen molar-refractivity contribution in [1.29, 1.82) is 0 Å². The highest BCUT2D eigenvalue weighted by Gasteiger charge is 2.29. The van der Waals surface area contributed by atoms with Gasteiger partial charge in [0.2, 0.25) is 0 Å². The Kier molecular flexibility index (Phi) is 4.47. The SMILES string of the molecule is Cc1cc2c(Nc3cc(-c4ccc(C(F)(F)F)cc4)ccn3)cccc2cn1. The molecule has 0 atom stereocenters. The molecule has 3 nitrogen and oxygen atoms in total. The molecule has 0 radical (unpaired) electrons. The third-order valence-electron chi connectivity index (χ3n) is 4.47. The van der Waals surface area contributed by atoms with Gasteiger partial charge >= 0.3 is 6.18 Å². The molecule has 2 heterocycles. The fraction of sp³-hybridized carbons (Fsp3) is 0.0909. The van der Waals surface area contributed by atoms with E-state index in [2.05, 4.69) is 15.3 Å². The van der Waals surface area contributed by atoms with Crippen molar-refractivity contribution in [1.82, 2.24) is 9.97 Å². The number of anilines is 2. The minimum Gasteiger partial charge on any atom is -0.340 e. The van der Waals surface area contributed by atoms with E-state index in [9.17, 15) is 13.2 Å². The van der Waals surface area contributed by atoms with Crippen LogP contribution in [0.4, 0.5) is 24.7 Å². The van der Waals surface area contributed by atoms with Crippen LogP contribution in [0, 0.1) is 6.92 Å². The van der Waals surface area contributed by atoms with Gasteiger partial charge in [0, 0.05) is 34.5 Å². The summed E-state index contributed by atoms with van der Waals surface area (Å²) in [5.41, 5.74) is 2.61. The molecule has 2 aromatic carbocycles. The van der Waals surface area contributed by atoms with E-state index >= 15 is 0 Å². The van der Waals surface area contributed by atoms with Gasteiger partial charge in [-0.15, -0.1) is 0 Å². The number of alkyl halides is 3. The average molecular weight is 379 g/mol. The molecule has 6 heteroatoms. The van der Waals surface area contributed by atoms with E-state index in [1.54, 1.807) is 12.3 Å². The number of pyridine rings is 2. The van der Waals surface area contributed by atoms with Crippen molar-refractivity contribution in [3.05, 3.63) is 84.3 Å². The molecule has 0 amide bonds. The van der Waals surface area contributed by atoms with Gasteiger partial charge in [-0.3, -0.25) is 4.98 Å². The topological polar surface area (TPSA) is 37.8 Å². The number of hydrogen-bond donors (Lipinski definition) is 1. The summed E-state index contributed by atoms with van der Waals surface area (Å²) < 4.78 is 38.3. The van der Waals surface area contributed by atoms with E-state index in [4.69, 9.17) is 0 Å². The summed E-state index contributed by atoms with van der Waals surface area (Å²) in [6, 6.07) is 16.6. The normalized spacial score (nSPS) is 11.6. The predicted octanol–water partition coefficient (Wildman–Crippen LogP) is 6.37. The van der Waals surface area contributed by atoms with Crippen LogP contribution in [-0.4, -0.2) is 9.97 Å². The highest BCUT2D eigenvalue weighted by molar-refractivity contribution is 5.95. The molecule has 0 bridgehead atoms. The van der Waals surface area contributed by atoms with Crippen LogP contribution < -0.4 is 5.32 Å². The molecule has 28 heavy (non-hydrogen) atoms. The molecule has 140 valence electrons. The lowest BCUT2D eigenvalue weighted by molar-refractivity contribution is -0.137. The van der Waals surface area contributed by atoms with Crippen molar-refractivity contribution in [2.75, 3.05) is 5.32 Å². The van der Waals surface area contributed by atoms with Crippen molar-refractivity contribution >= 4 is 22.3 Å². The van der Waals surface area contributed by atoms with Gasteiger partial charge in [0.15, 0.2) is 0 Å². The Morgan fingerprint density at radius 1 is 0.857 bits per heavy atom. The standard InChI is InChI=1S/C22H16F3N3/c1-14-11-19-17(13-27-14)3-2-4-20(19)28-21-12-16(9-10-26-21)15-5-7-18(8-6-15)22(23,24)25/h2-13H,1H3,(H,26,28). The van der Waals surface area contributed by atoms with Gasteiger partial charge < -0.3 is 5.32 Å². The number of halogens is 3. The number of nitrogens with zero attached hydrogens (tertiary/aromatic N) is 2. The predicted molar refractivity (Wildman–Crippen MR) is 104 cm³/mol. The van der Waals surface area contributed by atoms with Crippen LogP contribution in [-0.2, 0) is 6.18 Å². The zero-order valence-corrected chi connectivity index (χ0v) is 15.0. The minimum absolute atomic E-state index is 0.611. The van der Waals surface area contributed by atoms with E-state index in [0.717, 1.165) is 39.8 Å². The number of aryl methyl sites for hydroxylation is 1. The molecule has 0 aliphatic heterocycles. The molecule has 1 N–H and O–H groups in total. The summed E-state index contributed by atoms with van der Waals surface area (Å²) in [6.07, 6.45) is -0.889. The van der Waals surface area contributed by atoms with Crippen molar-refractivity contribution in [2.24, 2.45) is 0 Å². The van der Waals surface area contributed by atoms with Crippen molar-refractivity contribution in [3.63, 3.8) is 0 Å². The number of benzene rings is 2. The fourth-order valence-corrected chi connectivity index (χ4v) is 3.05. The van der Waals surface area contributed by atoms with Crippen LogP contribution in [0.5, 0.6) is 0 Å². The van der Waals surface area contributed by atoms with Crippen molar-refractivity contribution in [3.8, 4) is 11.1 Å². The first kappa shape index (κ1) is 18.0. The highest BCUT2D eigenvalue weighted by Crippen LogP contribution is 2.32. The number of aromatic nitrogens is 2. The van der Waals surface area contributed by atoms with Gasteiger partial charge in [-0.05, 0) is 54.4 Å². The molecule has 4 aromatic rings. The molecule has 0 saturated heterocycles. The molecule has 2 aromatic heterocycles. The van der Waals surface area contributed by atoms with E-state index < -0.39 is 11.7 Å². The first-order chi connectivity index (χ1) is 13.4. The maximum Gasteiger partial charge on any atom is 0.416 e. The van der Waals surface area contributed by atoms with Crippen LogP contribution in [0.2, 0.25) is 0 Å². The molecule has 0 aliphatic carbocycles. The lowest BCUT2D eigenvalue weighted by atomic mass is 10.0. The van der Waals surface area contributed by atoms with E-state index in [-0.39, 0.29) is 0 Å². The van der Waals surface area contributed by atoms with E-state index in [1.807, 2.05) is 43.5 Å². The Morgan fingerprint density at radius 3 is 2.39 bits per heavy atom. The van der Waals surface area contributed by atoms with Crippen LogP contribution >= 0.6 is 0 Å². The number of fused-ring (bicyclic) bond motifs is 1. The fourth-order valence-electron chi connectivity index (χ4n) is 3.05. The van der Waals surface area contributed by atoms with Crippen LogP contribution in [0.1, 0.15) is 11.3 Å². The second-order valence-corrected chi connectivity index (χ2v) is 6.48. The van der Waals surface area contributed by atoms with Gasteiger partial charge in [-0.2, -0.15) is 13.2 Å². The Morgan fingerprint density at radius 2 is 1.64 bits per heavy atom. The van der Waals surface area contributed by atoms with Gasteiger partial charge in [0.25, 0.3) is 0 Å². The summed E-state index contributed by atoms with van der Waals surface area (Å²) in [5, 5.41) is 5.33. The molecule has 4 rings (SSSR count). The maximum atomic E-state index is 12.8.